The van der Waals surface area contributed by atoms with Crippen molar-refractivity contribution in [1.82, 2.24) is 9.97 Å². The molecule has 4 heteroatoms. The largest absolute Gasteiger partial charge is 0.361 e. The summed E-state index contributed by atoms with van der Waals surface area (Å²) < 4.78 is 0. The van der Waals surface area contributed by atoms with Crippen molar-refractivity contribution in [2.45, 2.75) is 12.8 Å². The molecule has 1 N–H and O–H groups in total. The Hall–Kier alpha value is -1.84. The van der Waals surface area contributed by atoms with Gasteiger partial charge in [-0.25, -0.2) is 0 Å². The van der Waals surface area contributed by atoms with Crippen LogP contribution in [0.1, 0.15) is 12.8 Å². The first kappa shape index (κ1) is 9.39. The summed E-state index contributed by atoms with van der Waals surface area (Å²) in [4.78, 5) is 21.1. The van der Waals surface area contributed by atoms with Crippen LogP contribution < -0.4 is 4.90 Å². The van der Waals surface area contributed by atoms with Gasteiger partial charge in [0.2, 0.25) is 0 Å². The molecule has 1 saturated heterocycles. The number of nitrogens with zero attached hydrogens (tertiary/aromatic N) is 2. The number of anilines is 1. The molecule has 0 spiro atoms. The Morgan fingerprint density at radius 1 is 1.44 bits per heavy atom. The summed E-state index contributed by atoms with van der Waals surface area (Å²) in [6.45, 7) is 1.46. The predicted molar refractivity (Wildman–Crippen MR) is 62.5 cm³/mol. The van der Waals surface area contributed by atoms with Crippen LogP contribution in [0.25, 0.3) is 11.0 Å². The standard InChI is InChI=1S/C12H13N3O/c16-9-3-2-6-15(8-9)11-7-14-10-4-1-5-13-12(10)11/h1,4-5,7,14H,2-3,6,8H2. The van der Waals surface area contributed by atoms with Crippen molar-refractivity contribution in [2.24, 2.45) is 0 Å². The molecule has 0 aliphatic carbocycles. The van der Waals surface area contributed by atoms with Crippen molar-refractivity contribution >= 4 is 22.5 Å². The van der Waals surface area contributed by atoms with Gasteiger partial charge in [-0.05, 0) is 18.6 Å². The van der Waals surface area contributed by atoms with Crippen LogP contribution in [0.5, 0.6) is 0 Å². The zero-order valence-electron chi connectivity index (χ0n) is 8.94. The molecular formula is C12H13N3O. The number of fused-ring (bicyclic) bond motifs is 1. The number of piperidine rings is 1. The van der Waals surface area contributed by atoms with Gasteiger partial charge in [-0.3, -0.25) is 9.78 Å². The summed E-state index contributed by atoms with van der Waals surface area (Å²) in [7, 11) is 0. The summed E-state index contributed by atoms with van der Waals surface area (Å²) in [6.07, 6.45) is 5.38. The molecule has 3 heterocycles. The van der Waals surface area contributed by atoms with Crippen LogP contribution in [0.2, 0.25) is 0 Å². The molecular weight excluding hydrogens is 202 g/mol. The molecule has 0 radical (unpaired) electrons. The molecule has 16 heavy (non-hydrogen) atoms. The minimum absolute atomic E-state index is 0.316. The summed E-state index contributed by atoms with van der Waals surface area (Å²) in [6, 6.07) is 3.90. The van der Waals surface area contributed by atoms with Crippen LogP contribution in [0.4, 0.5) is 5.69 Å². The molecule has 3 rings (SSSR count). The lowest BCUT2D eigenvalue weighted by atomic mass is 10.1. The van der Waals surface area contributed by atoms with Crippen LogP contribution in [0.3, 0.4) is 0 Å². The molecule has 1 aliphatic rings. The van der Waals surface area contributed by atoms with E-state index in [0.717, 1.165) is 29.7 Å². The number of pyridine rings is 1. The van der Waals surface area contributed by atoms with Crippen LogP contribution in [-0.2, 0) is 4.79 Å². The van der Waals surface area contributed by atoms with Gasteiger partial charge in [0.1, 0.15) is 5.52 Å². The minimum atomic E-state index is 0.316. The lowest BCUT2D eigenvalue weighted by Gasteiger charge is -2.26. The number of nitrogens with one attached hydrogen (secondary N) is 1. The van der Waals surface area contributed by atoms with E-state index in [1.54, 1.807) is 6.20 Å². The molecule has 82 valence electrons. The number of carbonyl (C=O) groups excluding carboxylic acids is 1. The average Bonchev–Trinajstić information content (AvgIpc) is 2.72. The van der Waals surface area contributed by atoms with Gasteiger partial charge in [-0.15, -0.1) is 0 Å². The third-order valence-corrected chi connectivity index (χ3v) is 3.01. The molecule has 0 saturated carbocycles. The Labute approximate surface area is 93.3 Å². The van der Waals surface area contributed by atoms with Crippen LogP contribution in [0.15, 0.2) is 24.5 Å². The lowest BCUT2D eigenvalue weighted by Crippen LogP contribution is -2.35. The van der Waals surface area contributed by atoms with Gasteiger partial charge >= 0.3 is 0 Å². The SMILES string of the molecule is O=C1CCCN(c2c[nH]c3cccnc23)C1. The number of Topliss-reactive ketones (excluding diaryl/α,β-unsaturated/α-hetero) is 1. The van der Waals surface area contributed by atoms with Crippen molar-refractivity contribution in [1.29, 1.82) is 0 Å². The molecule has 0 unspecified atom stereocenters. The first-order valence-electron chi connectivity index (χ1n) is 5.53. The summed E-state index contributed by atoms with van der Waals surface area (Å²) in [5.74, 6) is 0.316. The quantitative estimate of drug-likeness (QED) is 0.788. The third-order valence-electron chi connectivity index (χ3n) is 3.01. The molecule has 2 aromatic heterocycles. The van der Waals surface area contributed by atoms with E-state index in [0.29, 0.717) is 18.7 Å². The van der Waals surface area contributed by atoms with E-state index in [9.17, 15) is 4.79 Å². The fraction of sp³-hybridized carbons (Fsp3) is 0.333. The highest BCUT2D eigenvalue weighted by atomic mass is 16.1. The molecule has 1 aliphatic heterocycles. The van der Waals surface area contributed by atoms with Crippen molar-refractivity contribution in [3.05, 3.63) is 24.5 Å². The monoisotopic (exact) mass is 215 g/mol. The van der Waals surface area contributed by atoms with Gasteiger partial charge < -0.3 is 9.88 Å². The van der Waals surface area contributed by atoms with Crippen molar-refractivity contribution in [3.63, 3.8) is 0 Å². The Balaban J connectivity index is 2.02. The van der Waals surface area contributed by atoms with E-state index in [1.165, 1.54) is 0 Å². The summed E-state index contributed by atoms with van der Waals surface area (Å²) >= 11 is 0. The fourth-order valence-corrected chi connectivity index (χ4v) is 2.23. The molecule has 0 atom stereocenters. The highest BCUT2D eigenvalue weighted by molar-refractivity contribution is 5.92. The van der Waals surface area contributed by atoms with E-state index in [2.05, 4.69) is 14.9 Å². The highest BCUT2D eigenvalue weighted by Crippen LogP contribution is 2.26. The topological polar surface area (TPSA) is 49.0 Å². The molecule has 0 bridgehead atoms. The van der Waals surface area contributed by atoms with Gasteiger partial charge in [-0.2, -0.15) is 0 Å². The van der Waals surface area contributed by atoms with Gasteiger partial charge in [0, 0.05) is 25.4 Å². The predicted octanol–water partition coefficient (Wildman–Crippen LogP) is 1.73. The van der Waals surface area contributed by atoms with E-state index in [1.807, 2.05) is 18.3 Å². The van der Waals surface area contributed by atoms with Gasteiger partial charge in [0.25, 0.3) is 0 Å². The number of hydrogen-bond acceptors (Lipinski definition) is 3. The smallest absolute Gasteiger partial charge is 0.152 e. The zero-order chi connectivity index (χ0) is 11.0. The number of aromatic nitrogens is 2. The van der Waals surface area contributed by atoms with Crippen LogP contribution >= 0.6 is 0 Å². The maximum Gasteiger partial charge on any atom is 0.152 e. The second-order valence-electron chi connectivity index (χ2n) is 4.14. The lowest BCUT2D eigenvalue weighted by molar-refractivity contribution is -0.118. The average molecular weight is 215 g/mol. The normalized spacial score (nSPS) is 17.0. The van der Waals surface area contributed by atoms with Crippen molar-refractivity contribution in [2.75, 3.05) is 18.0 Å². The number of aromatic amines is 1. The van der Waals surface area contributed by atoms with E-state index in [4.69, 9.17) is 0 Å². The van der Waals surface area contributed by atoms with Crippen LogP contribution in [0, 0.1) is 0 Å². The van der Waals surface area contributed by atoms with Crippen LogP contribution in [-0.4, -0.2) is 28.8 Å². The fourth-order valence-electron chi connectivity index (χ4n) is 2.23. The van der Waals surface area contributed by atoms with E-state index >= 15 is 0 Å². The minimum Gasteiger partial charge on any atom is -0.361 e. The first-order valence-corrected chi connectivity index (χ1v) is 5.53. The van der Waals surface area contributed by atoms with Gasteiger partial charge in [0.05, 0.1) is 17.7 Å². The Bertz CT molecular complexity index is 532. The molecule has 2 aromatic rings. The maximum absolute atomic E-state index is 11.4. The molecule has 4 nitrogen and oxygen atoms in total. The zero-order valence-corrected chi connectivity index (χ0v) is 8.94. The number of H-pyrrole nitrogens is 1. The molecule has 0 amide bonds. The van der Waals surface area contributed by atoms with Gasteiger partial charge in [0.15, 0.2) is 5.78 Å². The number of hydrogen-bond donors (Lipinski definition) is 1. The summed E-state index contributed by atoms with van der Waals surface area (Å²) in [5.41, 5.74) is 3.02. The molecule has 1 fully saturated rings. The second-order valence-corrected chi connectivity index (χ2v) is 4.14. The number of ketones is 1. The Morgan fingerprint density at radius 2 is 2.38 bits per heavy atom. The first-order chi connectivity index (χ1) is 7.84. The summed E-state index contributed by atoms with van der Waals surface area (Å²) in [5, 5.41) is 0. The Kier molecular flexibility index (Phi) is 2.13. The van der Waals surface area contributed by atoms with Gasteiger partial charge in [-0.1, -0.05) is 0 Å². The van der Waals surface area contributed by atoms with Crippen molar-refractivity contribution < 1.29 is 4.79 Å². The van der Waals surface area contributed by atoms with E-state index < -0.39 is 0 Å². The van der Waals surface area contributed by atoms with Crippen molar-refractivity contribution in [3.8, 4) is 0 Å². The molecule has 0 aromatic carbocycles. The highest BCUT2D eigenvalue weighted by Gasteiger charge is 2.19. The van der Waals surface area contributed by atoms with E-state index in [-0.39, 0.29) is 0 Å². The Morgan fingerprint density at radius 3 is 3.25 bits per heavy atom. The third kappa shape index (κ3) is 1.46. The second kappa shape index (κ2) is 3.63. The number of carbonyl (C=O) groups is 1. The number of rotatable bonds is 1. The maximum atomic E-state index is 11.4.